The van der Waals surface area contributed by atoms with Crippen LogP contribution in [0.2, 0.25) is 0 Å². The number of hydrogen-bond acceptors (Lipinski definition) is 5. The molecule has 0 radical (unpaired) electrons. The highest BCUT2D eigenvalue weighted by Crippen LogP contribution is 2.40. The van der Waals surface area contributed by atoms with Crippen LogP contribution in [-0.4, -0.2) is 66.0 Å². The lowest BCUT2D eigenvalue weighted by Crippen LogP contribution is -2.44. The third kappa shape index (κ3) is 15.5. The molecule has 7 heteroatoms. The van der Waals surface area contributed by atoms with E-state index in [9.17, 15) is 9.90 Å². The van der Waals surface area contributed by atoms with E-state index in [0.29, 0.717) is 22.7 Å². The average molecular weight is 656 g/mol. The van der Waals surface area contributed by atoms with Crippen LogP contribution in [0, 0.1) is 0 Å². The van der Waals surface area contributed by atoms with E-state index < -0.39 is 17.7 Å². The number of halogens is 1. The maximum Gasteiger partial charge on any atom is 0.349 e. The molecule has 1 aromatic rings. The summed E-state index contributed by atoms with van der Waals surface area (Å²) < 4.78 is 6.67. The number of quaternary nitrogens is 1. The van der Waals surface area contributed by atoms with Crippen molar-refractivity contribution in [1.82, 2.24) is 0 Å². The van der Waals surface area contributed by atoms with Gasteiger partial charge in [0.2, 0.25) is 5.60 Å². The Morgan fingerprint density at radius 1 is 1.20 bits per heavy atom. The van der Waals surface area contributed by atoms with Crippen LogP contribution in [0.3, 0.4) is 0 Å². The number of nitrogens with zero attached hydrogens (tertiary/aromatic N) is 1. The first-order chi connectivity index (χ1) is 19.1. The van der Waals surface area contributed by atoms with Crippen LogP contribution in [-0.2, 0) is 16.0 Å². The van der Waals surface area contributed by atoms with Crippen molar-refractivity contribution in [3.05, 3.63) is 94.7 Å². The lowest BCUT2D eigenvalue weighted by atomic mass is 10.0. The highest BCUT2D eigenvalue weighted by Gasteiger charge is 2.45. The third-order valence-corrected chi connectivity index (χ3v) is 7.60. The summed E-state index contributed by atoms with van der Waals surface area (Å²) in [6.07, 6.45) is 11.0. The third-order valence-electron chi connectivity index (χ3n) is 5.55. The topological polar surface area (TPSA) is 46.5 Å². The van der Waals surface area contributed by atoms with Crippen LogP contribution in [0.5, 0.6) is 0 Å². The molecule has 0 aromatic heterocycles. The van der Waals surface area contributed by atoms with Gasteiger partial charge in [0.25, 0.3) is 0 Å². The molecule has 1 rings (SSSR count). The second-order valence-corrected chi connectivity index (χ2v) is 11.4. The summed E-state index contributed by atoms with van der Waals surface area (Å²) in [7, 11) is 4.37. The lowest BCUT2D eigenvalue weighted by molar-refractivity contribution is -0.884. The highest BCUT2D eigenvalue weighted by atomic mass is 79.9. The van der Waals surface area contributed by atoms with Crippen LogP contribution in [0.15, 0.2) is 89.1 Å². The molecule has 0 bridgehead atoms. The average Bonchev–Trinajstić information content (AvgIpc) is 2.97. The Morgan fingerprint density at radius 2 is 1.82 bits per heavy atom. The number of ether oxygens (including phenoxy) is 1. The van der Waals surface area contributed by atoms with E-state index in [2.05, 4.69) is 73.5 Å². The molecule has 0 saturated carbocycles. The van der Waals surface area contributed by atoms with Crippen LogP contribution >= 0.6 is 39.5 Å². The summed E-state index contributed by atoms with van der Waals surface area (Å²) >= 11 is 5.61. The Bertz CT molecular complexity index is 929. The zero-order valence-corrected chi connectivity index (χ0v) is 29.2. The number of aliphatic hydroxyl groups is 1. The normalized spacial score (nSPS) is 13.9. The fourth-order valence-electron chi connectivity index (χ4n) is 3.46. The van der Waals surface area contributed by atoms with Gasteiger partial charge in [0.1, 0.15) is 6.10 Å². The predicted octanol–water partition coefficient (Wildman–Crippen LogP) is 8.95. The number of esters is 1. The predicted molar refractivity (Wildman–Crippen MR) is 185 cm³/mol. The number of hydrogen-bond donors (Lipinski definition) is 1. The monoisotopic (exact) mass is 654 g/mol. The number of likely N-dealkylation sites (N-methyl/N-ethyl adjacent to an activating group) is 1. The number of thioether (sulfide) groups is 2. The van der Waals surface area contributed by atoms with E-state index in [1.165, 1.54) is 29.1 Å². The maximum absolute atomic E-state index is 13.5. The van der Waals surface area contributed by atoms with Gasteiger partial charge in [-0.05, 0) is 48.1 Å². The summed E-state index contributed by atoms with van der Waals surface area (Å²) in [6, 6.07) is 10.5. The molecule has 4 nitrogen and oxygen atoms in total. The van der Waals surface area contributed by atoms with Crippen molar-refractivity contribution in [2.75, 3.05) is 38.8 Å². The standard InChI is InChI=1S/C30H44NO3S2.C2H6.CH3Br/c1-8-16-27(20-15-22-31(6,7)23-21-26-18-13-12-14-19-26)34-29(32)30(33,25(5)36-24-10-3)28(17-9-2)35-11-4;2*1-2/h8,10,12-15,17-20,24,27,33H,1,5,9,11,16,21-23H2,2-4,6-7H3;1-2H3;1H3/q+1;;/b20-15?,24-10-,28-17-;;. The lowest BCUT2D eigenvalue weighted by Gasteiger charge is -2.31. The molecule has 0 fully saturated rings. The second-order valence-electron chi connectivity index (χ2n) is 9.10. The highest BCUT2D eigenvalue weighted by molar-refractivity contribution is 9.08. The molecule has 226 valence electrons. The van der Waals surface area contributed by atoms with E-state index in [-0.39, 0.29) is 0 Å². The molecule has 0 amide bonds. The Balaban J connectivity index is 0. The van der Waals surface area contributed by atoms with Gasteiger partial charge in [-0.3, -0.25) is 0 Å². The minimum Gasteiger partial charge on any atom is -0.455 e. The van der Waals surface area contributed by atoms with Crippen molar-refractivity contribution in [2.45, 2.75) is 65.6 Å². The zero-order chi connectivity index (χ0) is 31.0. The fourth-order valence-corrected chi connectivity index (χ4v) is 5.20. The van der Waals surface area contributed by atoms with Crippen LogP contribution < -0.4 is 0 Å². The van der Waals surface area contributed by atoms with Gasteiger partial charge in [-0.2, -0.15) is 0 Å². The Morgan fingerprint density at radius 3 is 2.35 bits per heavy atom. The Labute approximate surface area is 262 Å². The molecule has 1 aromatic carbocycles. The smallest absolute Gasteiger partial charge is 0.349 e. The number of alkyl halides is 1. The van der Waals surface area contributed by atoms with Crippen LogP contribution in [0.4, 0.5) is 0 Å². The van der Waals surface area contributed by atoms with Gasteiger partial charge in [-0.25, -0.2) is 4.79 Å². The molecule has 1 N–H and O–H groups in total. The van der Waals surface area contributed by atoms with Gasteiger partial charge in [0, 0.05) is 22.7 Å². The van der Waals surface area contributed by atoms with Gasteiger partial charge in [-0.15, -0.1) is 18.3 Å². The quantitative estimate of drug-likeness (QED) is 0.0786. The molecule has 2 atom stereocenters. The maximum atomic E-state index is 13.5. The summed E-state index contributed by atoms with van der Waals surface area (Å²) in [5, 5.41) is 13.5. The minimum absolute atomic E-state index is 0.325. The summed E-state index contributed by atoms with van der Waals surface area (Å²) in [5.74, 6) is 1.82. The van der Waals surface area contributed by atoms with Gasteiger partial charge in [0.15, 0.2) is 0 Å². The van der Waals surface area contributed by atoms with Gasteiger partial charge >= 0.3 is 5.97 Å². The number of allylic oxidation sites excluding steroid dienone is 2. The molecule has 2 unspecified atom stereocenters. The fraction of sp³-hybridized carbons (Fsp3) is 0.485. The molecule has 0 saturated heterocycles. The van der Waals surface area contributed by atoms with Gasteiger partial charge in [-0.1, -0.05) is 111 Å². The van der Waals surface area contributed by atoms with Crippen LogP contribution in [0.25, 0.3) is 0 Å². The van der Waals surface area contributed by atoms with Gasteiger partial charge < -0.3 is 14.3 Å². The van der Waals surface area contributed by atoms with Crippen molar-refractivity contribution in [1.29, 1.82) is 0 Å². The molecule has 0 aliphatic heterocycles. The van der Waals surface area contributed by atoms with Gasteiger partial charge in [0.05, 0.1) is 27.2 Å². The van der Waals surface area contributed by atoms with E-state index in [4.69, 9.17) is 4.74 Å². The van der Waals surface area contributed by atoms with Crippen molar-refractivity contribution >= 4 is 45.4 Å². The molecule has 40 heavy (non-hydrogen) atoms. The summed E-state index contributed by atoms with van der Waals surface area (Å²) in [5.41, 5.74) is -0.596. The molecule has 0 heterocycles. The van der Waals surface area contributed by atoms with E-state index in [1.807, 2.05) is 64.7 Å². The number of rotatable bonds is 17. The Kier molecular flexibility index (Phi) is 24.5. The first-order valence-electron chi connectivity index (χ1n) is 13.9. The molecule has 0 aliphatic carbocycles. The molecular weight excluding hydrogens is 602 g/mol. The molecule has 0 aliphatic rings. The van der Waals surface area contributed by atoms with Crippen molar-refractivity contribution in [2.24, 2.45) is 0 Å². The number of benzene rings is 1. The minimum atomic E-state index is -1.92. The summed E-state index contributed by atoms with van der Waals surface area (Å²) in [6.45, 7) is 19.5. The molecular formula is C33H53BrNO3S2+. The van der Waals surface area contributed by atoms with E-state index >= 15 is 0 Å². The largest absolute Gasteiger partial charge is 0.455 e. The first-order valence-corrected chi connectivity index (χ1v) is 17.3. The SMILES string of the molecule is C=CCC(C=CC[N+](C)(C)CCc1ccccc1)OC(=O)C(O)(C(=C)S/C=C\C)/C(=C/CC)SCC.CBr.CC. The first kappa shape index (κ1) is 40.6. The van der Waals surface area contributed by atoms with Crippen molar-refractivity contribution < 1.29 is 19.1 Å². The van der Waals surface area contributed by atoms with Crippen molar-refractivity contribution in [3.8, 4) is 0 Å². The Hall–Kier alpha value is -1.51. The van der Waals surface area contributed by atoms with E-state index in [1.54, 1.807) is 11.5 Å². The number of carbonyl (C=O) groups excluding carboxylic acids is 1. The molecule has 0 spiro atoms. The zero-order valence-electron chi connectivity index (χ0n) is 26.0. The van der Waals surface area contributed by atoms with E-state index in [0.717, 1.165) is 29.7 Å². The van der Waals surface area contributed by atoms with Crippen molar-refractivity contribution in [3.63, 3.8) is 0 Å². The summed E-state index contributed by atoms with van der Waals surface area (Å²) in [4.78, 5) is 14.3. The number of carbonyl (C=O) groups is 1. The second kappa shape index (κ2) is 24.1. The van der Waals surface area contributed by atoms with Crippen LogP contribution in [0.1, 0.15) is 53.0 Å².